The lowest BCUT2D eigenvalue weighted by atomic mass is 9.88. The van der Waals surface area contributed by atoms with Crippen molar-refractivity contribution in [3.8, 4) is 0 Å². The summed E-state index contributed by atoms with van der Waals surface area (Å²) in [4.78, 5) is 9.17. The van der Waals surface area contributed by atoms with Crippen molar-refractivity contribution in [3.63, 3.8) is 0 Å². The predicted molar refractivity (Wildman–Crippen MR) is 86.7 cm³/mol. The molecule has 1 aromatic heterocycles. The van der Waals surface area contributed by atoms with Crippen molar-refractivity contribution in [1.82, 2.24) is 9.97 Å². The first-order valence-electron chi connectivity index (χ1n) is 7.80. The fraction of sp³-hybridized carbons (Fsp3) is 0.444. The molecule has 0 saturated heterocycles. The van der Waals surface area contributed by atoms with E-state index in [0.29, 0.717) is 12.0 Å². The summed E-state index contributed by atoms with van der Waals surface area (Å²) < 4.78 is 0. The number of hydrogen-bond donors (Lipinski definition) is 1. The first-order valence-corrected chi connectivity index (χ1v) is 7.80. The van der Waals surface area contributed by atoms with Gasteiger partial charge in [0.1, 0.15) is 11.6 Å². The van der Waals surface area contributed by atoms with Crippen LogP contribution in [0.25, 0.3) is 0 Å². The van der Waals surface area contributed by atoms with Gasteiger partial charge in [0.05, 0.1) is 0 Å². The molecule has 21 heavy (non-hydrogen) atoms. The summed E-state index contributed by atoms with van der Waals surface area (Å²) in [7, 11) is 0. The standard InChI is InChI=1S/C18H23N3/c1-12(2)18-19-13(3)10-17(21-18)20-16-9-8-14-6-4-5-7-15(14)11-16/h4-7,10,12,16H,8-9,11H2,1-3H3,(H,19,20,21). The first-order chi connectivity index (χ1) is 10.1. The van der Waals surface area contributed by atoms with Crippen LogP contribution >= 0.6 is 0 Å². The van der Waals surface area contributed by atoms with Crippen LogP contribution in [-0.4, -0.2) is 16.0 Å². The Hall–Kier alpha value is -1.90. The Morgan fingerprint density at radius 2 is 1.90 bits per heavy atom. The van der Waals surface area contributed by atoms with E-state index in [9.17, 15) is 0 Å². The van der Waals surface area contributed by atoms with Crippen LogP contribution in [0.15, 0.2) is 30.3 Å². The van der Waals surface area contributed by atoms with Gasteiger partial charge in [0.15, 0.2) is 0 Å². The number of nitrogens with zero attached hydrogens (tertiary/aromatic N) is 2. The number of aryl methyl sites for hydroxylation is 2. The topological polar surface area (TPSA) is 37.8 Å². The third kappa shape index (κ3) is 3.23. The Kier molecular flexibility index (Phi) is 3.91. The zero-order chi connectivity index (χ0) is 14.8. The van der Waals surface area contributed by atoms with Crippen LogP contribution in [0, 0.1) is 6.92 Å². The minimum atomic E-state index is 0.359. The molecule has 3 nitrogen and oxygen atoms in total. The van der Waals surface area contributed by atoms with Crippen molar-refractivity contribution in [1.29, 1.82) is 0 Å². The third-order valence-electron chi connectivity index (χ3n) is 4.09. The molecule has 0 fully saturated rings. The third-order valence-corrected chi connectivity index (χ3v) is 4.09. The molecule has 1 unspecified atom stereocenters. The second-order valence-corrected chi connectivity index (χ2v) is 6.26. The molecule has 0 spiro atoms. The number of aromatic nitrogens is 2. The quantitative estimate of drug-likeness (QED) is 0.928. The maximum absolute atomic E-state index is 4.66. The van der Waals surface area contributed by atoms with Gasteiger partial charge in [0, 0.05) is 23.7 Å². The summed E-state index contributed by atoms with van der Waals surface area (Å²) in [6.07, 6.45) is 3.39. The fourth-order valence-electron chi connectivity index (χ4n) is 2.95. The molecule has 1 aliphatic rings. The summed E-state index contributed by atoms with van der Waals surface area (Å²) >= 11 is 0. The molecule has 0 bridgehead atoms. The first kappa shape index (κ1) is 14.1. The Balaban J connectivity index is 1.76. The van der Waals surface area contributed by atoms with E-state index < -0.39 is 0 Å². The highest BCUT2D eigenvalue weighted by molar-refractivity contribution is 5.40. The van der Waals surface area contributed by atoms with Crippen LogP contribution in [0.1, 0.15) is 48.8 Å². The molecule has 0 aliphatic heterocycles. The number of nitrogens with one attached hydrogen (secondary N) is 1. The van der Waals surface area contributed by atoms with Gasteiger partial charge in [0.25, 0.3) is 0 Å². The summed E-state index contributed by atoms with van der Waals surface area (Å²) in [5.41, 5.74) is 4.00. The lowest BCUT2D eigenvalue weighted by Gasteiger charge is -2.26. The molecule has 2 aromatic rings. The summed E-state index contributed by atoms with van der Waals surface area (Å²) in [5.74, 6) is 2.25. The monoisotopic (exact) mass is 281 g/mol. The normalized spacial score (nSPS) is 17.6. The smallest absolute Gasteiger partial charge is 0.133 e. The maximum atomic E-state index is 4.66. The van der Waals surface area contributed by atoms with Crippen molar-refractivity contribution < 1.29 is 0 Å². The van der Waals surface area contributed by atoms with Gasteiger partial charge in [-0.1, -0.05) is 38.1 Å². The molecule has 0 amide bonds. The number of hydrogen-bond acceptors (Lipinski definition) is 3. The molecule has 3 heteroatoms. The van der Waals surface area contributed by atoms with Gasteiger partial charge < -0.3 is 5.32 Å². The summed E-state index contributed by atoms with van der Waals surface area (Å²) in [6.45, 7) is 6.31. The minimum Gasteiger partial charge on any atom is -0.367 e. The van der Waals surface area contributed by atoms with E-state index in [1.165, 1.54) is 11.1 Å². The van der Waals surface area contributed by atoms with Crippen molar-refractivity contribution >= 4 is 5.82 Å². The molecule has 0 saturated carbocycles. The molecule has 1 atom stereocenters. The van der Waals surface area contributed by atoms with Crippen LogP contribution < -0.4 is 5.32 Å². The van der Waals surface area contributed by atoms with Crippen LogP contribution in [-0.2, 0) is 12.8 Å². The Labute approximate surface area is 126 Å². The van der Waals surface area contributed by atoms with E-state index >= 15 is 0 Å². The van der Waals surface area contributed by atoms with Gasteiger partial charge in [-0.3, -0.25) is 0 Å². The molecule has 1 aliphatic carbocycles. The molecule has 1 N–H and O–H groups in total. The molecule has 0 radical (unpaired) electrons. The largest absolute Gasteiger partial charge is 0.367 e. The molecule has 3 rings (SSSR count). The van der Waals surface area contributed by atoms with Crippen molar-refractivity contribution in [2.45, 2.75) is 52.0 Å². The van der Waals surface area contributed by atoms with Gasteiger partial charge in [-0.05, 0) is 37.3 Å². The Morgan fingerprint density at radius 3 is 2.67 bits per heavy atom. The van der Waals surface area contributed by atoms with Gasteiger partial charge in [-0.25, -0.2) is 9.97 Å². The number of rotatable bonds is 3. The van der Waals surface area contributed by atoms with Gasteiger partial charge >= 0.3 is 0 Å². The minimum absolute atomic E-state index is 0.359. The lowest BCUT2D eigenvalue weighted by Crippen LogP contribution is -2.28. The van der Waals surface area contributed by atoms with E-state index in [1.807, 2.05) is 13.0 Å². The highest BCUT2D eigenvalue weighted by Gasteiger charge is 2.18. The number of anilines is 1. The molecular weight excluding hydrogens is 258 g/mol. The van der Waals surface area contributed by atoms with Crippen molar-refractivity contribution in [2.24, 2.45) is 0 Å². The second kappa shape index (κ2) is 5.84. The highest BCUT2D eigenvalue weighted by atomic mass is 15.1. The van der Waals surface area contributed by atoms with E-state index in [4.69, 9.17) is 0 Å². The molecule has 110 valence electrons. The maximum Gasteiger partial charge on any atom is 0.133 e. The second-order valence-electron chi connectivity index (χ2n) is 6.26. The van der Waals surface area contributed by atoms with Crippen LogP contribution in [0.2, 0.25) is 0 Å². The van der Waals surface area contributed by atoms with E-state index in [1.54, 1.807) is 0 Å². The van der Waals surface area contributed by atoms with Crippen molar-refractivity contribution in [3.05, 3.63) is 53.0 Å². The summed E-state index contributed by atoms with van der Waals surface area (Å²) in [5, 5.41) is 3.61. The van der Waals surface area contributed by atoms with Gasteiger partial charge in [-0.2, -0.15) is 0 Å². The van der Waals surface area contributed by atoms with Crippen LogP contribution in [0.4, 0.5) is 5.82 Å². The van der Waals surface area contributed by atoms with E-state index in [-0.39, 0.29) is 0 Å². The molecular formula is C18H23N3. The Morgan fingerprint density at radius 1 is 1.14 bits per heavy atom. The summed E-state index contributed by atoms with van der Waals surface area (Å²) in [6, 6.07) is 11.3. The van der Waals surface area contributed by atoms with Crippen LogP contribution in [0.5, 0.6) is 0 Å². The number of benzene rings is 1. The van der Waals surface area contributed by atoms with Gasteiger partial charge in [-0.15, -0.1) is 0 Å². The van der Waals surface area contributed by atoms with E-state index in [0.717, 1.165) is 36.6 Å². The van der Waals surface area contributed by atoms with Gasteiger partial charge in [0.2, 0.25) is 0 Å². The fourth-order valence-corrected chi connectivity index (χ4v) is 2.95. The van der Waals surface area contributed by atoms with Crippen LogP contribution in [0.3, 0.4) is 0 Å². The average molecular weight is 281 g/mol. The van der Waals surface area contributed by atoms with Crippen molar-refractivity contribution in [2.75, 3.05) is 5.32 Å². The highest BCUT2D eigenvalue weighted by Crippen LogP contribution is 2.23. The molecule has 1 aromatic carbocycles. The Bertz CT molecular complexity index is 634. The number of fused-ring (bicyclic) bond motifs is 1. The predicted octanol–water partition coefficient (Wildman–Crippen LogP) is 3.88. The molecule has 1 heterocycles. The zero-order valence-corrected chi connectivity index (χ0v) is 13.1. The SMILES string of the molecule is Cc1cc(NC2CCc3ccccc3C2)nc(C(C)C)n1. The zero-order valence-electron chi connectivity index (χ0n) is 13.1. The van der Waals surface area contributed by atoms with E-state index in [2.05, 4.69) is 53.4 Å². The lowest BCUT2D eigenvalue weighted by molar-refractivity contribution is 0.607. The average Bonchev–Trinajstić information content (AvgIpc) is 2.46.